The van der Waals surface area contributed by atoms with E-state index >= 15 is 0 Å². The summed E-state index contributed by atoms with van der Waals surface area (Å²) < 4.78 is 31.1. The van der Waals surface area contributed by atoms with Crippen molar-refractivity contribution in [1.82, 2.24) is 20.1 Å². The number of halogens is 4. The van der Waals surface area contributed by atoms with Gasteiger partial charge in [0.05, 0.1) is 28.5 Å². The number of nitrogens with one attached hydrogen (secondary N) is 1. The highest BCUT2D eigenvalue weighted by atomic mass is 35.5. The number of amidine groups is 1. The molecule has 3 aliphatic rings. The third-order valence-electron chi connectivity index (χ3n) is 6.40. The van der Waals surface area contributed by atoms with Crippen LogP contribution in [0.2, 0.25) is 10.0 Å². The molecule has 200 valence electrons. The van der Waals surface area contributed by atoms with E-state index in [4.69, 9.17) is 28.2 Å². The van der Waals surface area contributed by atoms with E-state index in [1.165, 1.54) is 12.1 Å². The van der Waals surface area contributed by atoms with Crippen LogP contribution >= 0.6 is 23.2 Å². The van der Waals surface area contributed by atoms with Gasteiger partial charge in [-0.2, -0.15) is 8.78 Å². The summed E-state index contributed by atoms with van der Waals surface area (Å²) in [6, 6.07) is 5.96. The number of anilines is 1. The standard InChI is InChI=1S/C25H25Cl2F2N7O2/c1-25(28,29)38-17-4-2-16(3-5-17)22-24(36-7-6-30-14-20(36)33-22)32-15-21(37)34-8-10-35(11-9-34)23-18(26)12-31-13-19(23)27/h2-7,12-14,22,24,32H,8-11,15H2,1H3. The Kier molecular flexibility index (Phi) is 7.51. The molecule has 2 unspecified atom stereocenters. The zero-order chi connectivity index (χ0) is 26.9. The molecule has 5 rings (SSSR count). The second-order valence-electron chi connectivity index (χ2n) is 9.04. The van der Waals surface area contributed by atoms with Gasteiger partial charge in [-0.1, -0.05) is 35.3 Å². The maximum absolute atomic E-state index is 13.2. The van der Waals surface area contributed by atoms with Gasteiger partial charge in [0.25, 0.3) is 0 Å². The molecule has 1 aromatic heterocycles. The molecule has 1 amide bonds. The highest BCUT2D eigenvalue weighted by Gasteiger charge is 2.37. The highest BCUT2D eigenvalue weighted by Crippen LogP contribution is 2.34. The van der Waals surface area contributed by atoms with E-state index in [1.54, 1.807) is 48.0 Å². The van der Waals surface area contributed by atoms with Gasteiger partial charge in [0.2, 0.25) is 5.91 Å². The average molecular weight is 564 g/mol. The van der Waals surface area contributed by atoms with Crippen molar-refractivity contribution in [3.63, 3.8) is 0 Å². The molecule has 1 N–H and O–H groups in total. The summed E-state index contributed by atoms with van der Waals surface area (Å²) in [5.41, 5.74) is 1.51. The minimum absolute atomic E-state index is 0.0487. The predicted octanol–water partition coefficient (Wildman–Crippen LogP) is 3.96. The highest BCUT2D eigenvalue weighted by molar-refractivity contribution is 6.38. The van der Waals surface area contributed by atoms with E-state index < -0.39 is 12.2 Å². The van der Waals surface area contributed by atoms with Crippen molar-refractivity contribution in [3.05, 3.63) is 64.7 Å². The molecular weight excluding hydrogens is 539 g/mol. The van der Waals surface area contributed by atoms with Crippen LogP contribution in [-0.2, 0) is 4.79 Å². The van der Waals surface area contributed by atoms with E-state index in [9.17, 15) is 13.6 Å². The lowest BCUT2D eigenvalue weighted by Crippen LogP contribution is -2.53. The Morgan fingerprint density at radius 3 is 2.47 bits per heavy atom. The molecule has 1 saturated heterocycles. The normalized spacial score (nSPS) is 21.0. The van der Waals surface area contributed by atoms with Gasteiger partial charge in [-0.15, -0.1) is 0 Å². The van der Waals surface area contributed by atoms with Crippen molar-refractivity contribution in [1.29, 1.82) is 0 Å². The summed E-state index contributed by atoms with van der Waals surface area (Å²) in [6.07, 6.45) is 4.54. The van der Waals surface area contributed by atoms with E-state index in [2.05, 4.69) is 24.9 Å². The zero-order valence-corrected chi connectivity index (χ0v) is 21.9. The number of benzene rings is 1. The Morgan fingerprint density at radius 2 is 1.82 bits per heavy atom. The lowest BCUT2D eigenvalue weighted by atomic mass is 10.0. The molecule has 0 saturated carbocycles. The molecular formula is C25H25Cl2F2N7O2. The van der Waals surface area contributed by atoms with E-state index in [0.29, 0.717) is 49.0 Å². The van der Waals surface area contributed by atoms with Crippen LogP contribution in [0, 0.1) is 0 Å². The van der Waals surface area contributed by atoms with Gasteiger partial charge in [0.15, 0.2) is 0 Å². The molecule has 0 radical (unpaired) electrons. The minimum Gasteiger partial charge on any atom is -0.433 e. The topological polar surface area (TPSA) is 85.7 Å². The van der Waals surface area contributed by atoms with Crippen LogP contribution in [0.3, 0.4) is 0 Å². The Morgan fingerprint density at radius 1 is 1.13 bits per heavy atom. The van der Waals surface area contributed by atoms with Crippen LogP contribution in [0.25, 0.3) is 0 Å². The van der Waals surface area contributed by atoms with Crippen molar-refractivity contribution >= 4 is 46.8 Å². The quantitative estimate of drug-likeness (QED) is 0.549. The third-order valence-corrected chi connectivity index (χ3v) is 6.95. The monoisotopic (exact) mass is 563 g/mol. The number of piperazine rings is 1. The molecule has 38 heavy (non-hydrogen) atoms. The third kappa shape index (κ3) is 5.74. The first-order chi connectivity index (χ1) is 18.2. The summed E-state index contributed by atoms with van der Waals surface area (Å²) in [5, 5.41) is 4.28. The number of nitrogens with zero attached hydrogens (tertiary/aromatic N) is 6. The fourth-order valence-electron chi connectivity index (χ4n) is 4.66. The zero-order valence-electron chi connectivity index (χ0n) is 20.4. The molecule has 2 aromatic rings. The fourth-order valence-corrected chi connectivity index (χ4v) is 5.26. The SMILES string of the molecule is CC(F)(F)Oc1ccc(C2N=C3C=NC=CN3C2NCC(=O)N2CCN(c3c(Cl)cncc3Cl)CC2)cc1. The number of hydrogen-bond donors (Lipinski definition) is 1. The molecule has 1 fully saturated rings. The van der Waals surface area contributed by atoms with Gasteiger partial charge in [-0.3, -0.25) is 25.1 Å². The first-order valence-electron chi connectivity index (χ1n) is 12.0. The van der Waals surface area contributed by atoms with Crippen LogP contribution in [-0.4, -0.2) is 77.7 Å². The molecule has 0 aliphatic carbocycles. The predicted molar refractivity (Wildman–Crippen MR) is 142 cm³/mol. The van der Waals surface area contributed by atoms with Gasteiger partial charge in [-0.05, 0) is 17.7 Å². The number of amides is 1. The van der Waals surface area contributed by atoms with E-state index in [1.807, 2.05) is 4.90 Å². The van der Waals surface area contributed by atoms with Gasteiger partial charge >= 0.3 is 6.11 Å². The second kappa shape index (κ2) is 10.8. The molecule has 2 atom stereocenters. The number of carbonyl (C=O) groups excluding carboxylic acids is 1. The lowest BCUT2D eigenvalue weighted by Gasteiger charge is -2.37. The first-order valence-corrected chi connectivity index (χ1v) is 12.7. The van der Waals surface area contributed by atoms with Crippen LogP contribution in [0.4, 0.5) is 14.5 Å². The Hall–Kier alpha value is -3.28. The summed E-state index contributed by atoms with van der Waals surface area (Å²) in [4.78, 5) is 31.7. The largest absolute Gasteiger partial charge is 0.433 e. The minimum atomic E-state index is -3.27. The van der Waals surface area contributed by atoms with Crippen LogP contribution in [0.1, 0.15) is 18.5 Å². The van der Waals surface area contributed by atoms with Gasteiger partial charge in [-0.25, -0.2) is 0 Å². The van der Waals surface area contributed by atoms with E-state index in [-0.39, 0.29) is 24.4 Å². The maximum Gasteiger partial charge on any atom is 0.394 e. The van der Waals surface area contributed by atoms with Crippen molar-refractivity contribution in [2.75, 3.05) is 37.6 Å². The van der Waals surface area contributed by atoms with Crippen LogP contribution < -0.4 is 15.0 Å². The Bertz CT molecular complexity index is 1260. The number of aromatic nitrogens is 1. The number of hydrogen-bond acceptors (Lipinski definition) is 8. The van der Waals surface area contributed by atoms with Gasteiger partial charge in [0.1, 0.15) is 23.8 Å². The molecule has 13 heteroatoms. The van der Waals surface area contributed by atoms with Crippen molar-refractivity contribution in [3.8, 4) is 5.75 Å². The lowest BCUT2D eigenvalue weighted by molar-refractivity contribution is -0.159. The molecule has 9 nitrogen and oxygen atoms in total. The summed E-state index contributed by atoms with van der Waals surface area (Å²) >= 11 is 12.6. The molecule has 1 aromatic carbocycles. The number of pyridine rings is 1. The maximum atomic E-state index is 13.2. The second-order valence-corrected chi connectivity index (χ2v) is 9.85. The van der Waals surface area contributed by atoms with Gasteiger partial charge in [0, 0.05) is 57.9 Å². The number of carbonyl (C=O) groups is 1. The fraction of sp³-hybridized carbons (Fsp3) is 0.360. The summed E-state index contributed by atoms with van der Waals surface area (Å²) in [6.45, 7) is 2.99. The Balaban J connectivity index is 1.23. The number of rotatable bonds is 7. The number of fused-ring (bicyclic) bond motifs is 1. The van der Waals surface area contributed by atoms with Crippen molar-refractivity contribution < 1.29 is 18.3 Å². The Labute approximate surface area is 228 Å². The van der Waals surface area contributed by atoms with Crippen molar-refractivity contribution in [2.45, 2.75) is 25.2 Å². The molecule has 3 aliphatic heterocycles. The summed E-state index contributed by atoms with van der Waals surface area (Å²) in [7, 11) is 0. The van der Waals surface area contributed by atoms with E-state index in [0.717, 1.165) is 11.3 Å². The number of ether oxygens (including phenoxy) is 1. The van der Waals surface area contributed by atoms with Gasteiger partial charge < -0.3 is 19.4 Å². The number of aliphatic imine (C=N–C) groups is 2. The molecule has 0 bridgehead atoms. The average Bonchev–Trinajstić information content (AvgIpc) is 3.25. The smallest absolute Gasteiger partial charge is 0.394 e. The van der Waals surface area contributed by atoms with Crippen molar-refractivity contribution in [2.24, 2.45) is 9.98 Å². The summed E-state index contributed by atoms with van der Waals surface area (Å²) in [5.74, 6) is 0.647. The first kappa shape index (κ1) is 26.3. The van der Waals surface area contributed by atoms with Crippen LogP contribution in [0.15, 0.2) is 59.0 Å². The molecule has 0 spiro atoms. The molecule has 4 heterocycles. The van der Waals surface area contributed by atoms with Crippen LogP contribution in [0.5, 0.6) is 5.75 Å². The number of alkyl halides is 2.